The number of hydrogen-bond acceptors (Lipinski definition) is 3. The van der Waals surface area contributed by atoms with Gasteiger partial charge in [-0.2, -0.15) is 0 Å². The molecular formula is C10H16BrNOS. The van der Waals surface area contributed by atoms with Crippen LogP contribution in [0.25, 0.3) is 0 Å². The van der Waals surface area contributed by atoms with Crippen LogP contribution < -0.4 is 5.32 Å². The predicted molar refractivity (Wildman–Crippen MR) is 64.8 cm³/mol. The minimum Gasteiger partial charge on any atom is -0.396 e. The Morgan fingerprint density at radius 2 is 2.36 bits per heavy atom. The number of halogens is 1. The molecule has 14 heavy (non-hydrogen) atoms. The van der Waals surface area contributed by atoms with Gasteiger partial charge in [0, 0.05) is 22.0 Å². The number of rotatable bonds is 6. The fraction of sp³-hybridized carbons (Fsp3) is 0.600. The summed E-state index contributed by atoms with van der Waals surface area (Å²) in [4.78, 5) is 1.34. The third kappa shape index (κ3) is 3.69. The second kappa shape index (κ2) is 6.56. The first kappa shape index (κ1) is 12.2. The summed E-state index contributed by atoms with van der Waals surface area (Å²) in [5, 5.41) is 14.1. The van der Waals surface area contributed by atoms with E-state index in [0.29, 0.717) is 12.6 Å². The van der Waals surface area contributed by atoms with Crippen molar-refractivity contribution in [2.24, 2.45) is 0 Å². The van der Waals surface area contributed by atoms with Crippen LogP contribution >= 0.6 is 27.3 Å². The smallest absolute Gasteiger partial charge is 0.0431 e. The number of hydrogen-bond donors (Lipinski definition) is 2. The minimum absolute atomic E-state index is 0.290. The summed E-state index contributed by atoms with van der Waals surface area (Å²) in [7, 11) is 0. The molecule has 1 aromatic rings. The summed E-state index contributed by atoms with van der Waals surface area (Å²) >= 11 is 5.28. The van der Waals surface area contributed by atoms with E-state index in [0.717, 1.165) is 19.4 Å². The van der Waals surface area contributed by atoms with Crippen LogP contribution in [-0.4, -0.2) is 18.3 Å². The van der Waals surface area contributed by atoms with Crippen molar-refractivity contribution < 1.29 is 5.11 Å². The molecular weight excluding hydrogens is 262 g/mol. The van der Waals surface area contributed by atoms with E-state index in [1.165, 1.54) is 9.35 Å². The number of aliphatic hydroxyl groups is 1. The molecule has 1 atom stereocenters. The quantitative estimate of drug-likeness (QED) is 0.784. The zero-order valence-electron chi connectivity index (χ0n) is 8.29. The Balaban J connectivity index is 2.28. The van der Waals surface area contributed by atoms with Crippen molar-refractivity contribution in [1.29, 1.82) is 0 Å². The lowest BCUT2D eigenvalue weighted by Gasteiger charge is -2.12. The Hall–Kier alpha value is 0.100. The van der Waals surface area contributed by atoms with Crippen molar-refractivity contribution in [2.75, 3.05) is 13.2 Å². The van der Waals surface area contributed by atoms with Crippen LogP contribution in [0.3, 0.4) is 0 Å². The maximum Gasteiger partial charge on any atom is 0.0431 e. The second-order valence-electron chi connectivity index (χ2n) is 3.24. The third-order valence-corrected chi connectivity index (χ3v) is 4.13. The van der Waals surface area contributed by atoms with Crippen LogP contribution in [0.1, 0.15) is 30.7 Å². The molecule has 2 nitrogen and oxygen atoms in total. The molecule has 4 heteroatoms. The van der Waals surface area contributed by atoms with E-state index >= 15 is 0 Å². The van der Waals surface area contributed by atoms with Crippen molar-refractivity contribution in [3.63, 3.8) is 0 Å². The molecule has 0 saturated heterocycles. The highest BCUT2D eigenvalue weighted by atomic mass is 79.9. The summed E-state index contributed by atoms with van der Waals surface area (Å²) < 4.78 is 1.18. The predicted octanol–water partition coefficient (Wildman–Crippen LogP) is 2.93. The molecule has 0 aliphatic rings. The molecule has 1 rings (SSSR count). The van der Waals surface area contributed by atoms with Gasteiger partial charge in [0.15, 0.2) is 0 Å². The molecule has 0 amide bonds. The maximum atomic E-state index is 8.63. The Bertz CT molecular complexity index is 264. The molecule has 0 fully saturated rings. The van der Waals surface area contributed by atoms with Crippen molar-refractivity contribution in [3.05, 3.63) is 20.8 Å². The average molecular weight is 278 g/mol. The van der Waals surface area contributed by atoms with Crippen LogP contribution in [0.5, 0.6) is 0 Å². The molecule has 0 aliphatic carbocycles. The van der Waals surface area contributed by atoms with Gasteiger partial charge in [-0.3, -0.25) is 0 Å². The van der Waals surface area contributed by atoms with Gasteiger partial charge in [0.2, 0.25) is 0 Å². The second-order valence-corrected chi connectivity index (χ2v) is 5.04. The largest absolute Gasteiger partial charge is 0.396 e. The molecule has 0 radical (unpaired) electrons. The van der Waals surface area contributed by atoms with Gasteiger partial charge in [-0.25, -0.2) is 0 Å². The van der Waals surface area contributed by atoms with Crippen LogP contribution in [-0.2, 0) is 0 Å². The first-order chi connectivity index (χ1) is 6.75. The molecule has 2 N–H and O–H groups in total. The monoisotopic (exact) mass is 277 g/mol. The van der Waals surface area contributed by atoms with Crippen molar-refractivity contribution in [3.8, 4) is 0 Å². The molecule has 1 unspecified atom stereocenters. The summed E-state index contributed by atoms with van der Waals surface area (Å²) in [5.41, 5.74) is 0. The SMILES string of the molecule is CC(NCCCCO)c1sccc1Br. The van der Waals surface area contributed by atoms with E-state index in [9.17, 15) is 0 Å². The molecule has 0 aromatic carbocycles. The first-order valence-electron chi connectivity index (χ1n) is 4.83. The van der Waals surface area contributed by atoms with E-state index in [1.807, 2.05) is 0 Å². The summed E-state index contributed by atoms with van der Waals surface area (Å²) in [6.07, 6.45) is 1.91. The molecule has 0 spiro atoms. The lowest BCUT2D eigenvalue weighted by atomic mass is 10.2. The lowest BCUT2D eigenvalue weighted by molar-refractivity contribution is 0.283. The van der Waals surface area contributed by atoms with Gasteiger partial charge in [0.25, 0.3) is 0 Å². The summed E-state index contributed by atoms with van der Waals surface area (Å²) in [5.74, 6) is 0. The Labute approximate surface area is 97.5 Å². The van der Waals surface area contributed by atoms with Gasteiger partial charge in [-0.15, -0.1) is 11.3 Å². The Morgan fingerprint density at radius 3 is 2.93 bits per heavy atom. The fourth-order valence-corrected chi connectivity index (χ4v) is 3.01. The number of unbranched alkanes of at least 4 members (excludes halogenated alkanes) is 1. The number of thiophene rings is 1. The van der Waals surface area contributed by atoms with Gasteiger partial charge in [0.05, 0.1) is 0 Å². The maximum absolute atomic E-state index is 8.63. The molecule has 0 saturated carbocycles. The molecule has 1 heterocycles. The standard InChI is InChI=1S/C10H16BrNOS/c1-8(12-5-2-3-6-13)10-9(11)4-7-14-10/h4,7-8,12-13H,2-3,5-6H2,1H3. The normalized spacial score (nSPS) is 13.1. The third-order valence-electron chi connectivity index (χ3n) is 2.07. The van der Waals surface area contributed by atoms with E-state index in [2.05, 4.69) is 39.6 Å². The zero-order chi connectivity index (χ0) is 10.4. The highest BCUT2D eigenvalue weighted by Gasteiger charge is 2.09. The van der Waals surface area contributed by atoms with Crippen molar-refractivity contribution in [1.82, 2.24) is 5.32 Å². The molecule has 80 valence electrons. The first-order valence-corrected chi connectivity index (χ1v) is 6.50. The number of aliphatic hydroxyl groups excluding tert-OH is 1. The van der Waals surface area contributed by atoms with Crippen LogP contribution in [0, 0.1) is 0 Å². The van der Waals surface area contributed by atoms with E-state index < -0.39 is 0 Å². The minimum atomic E-state index is 0.290. The number of nitrogens with one attached hydrogen (secondary N) is 1. The summed E-state index contributed by atoms with van der Waals surface area (Å²) in [6, 6.07) is 2.47. The van der Waals surface area contributed by atoms with Gasteiger partial charge < -0.3 is 10.4 Å². The summed E-state index contributed by atoms with van der Waals surface area (Å²) in [6.45, 7) is 3.42. The van der Waals surface area contributed by atoms with E-state index in [1.54, 1.807) is 11.3 Å². The van der Waals surface area contributed by atoms with Gasteiger partial charge >= 0.3 is 0 Å². The van der Waals surface area contributed by atoms with Crippen LogP contribution in [0.4, 0.5) is 0 Å². The van der Waals surface area contributed by atoms with Crippen LogP contribution in [0.15, 0.2) is 15.9 Å². The highest BCUT2D eigenvalue weighted by Crippen LogP contribution is 2.28. The molecule has 0 bridgehead atoms. The Morgan fingerprint density at radius 1 is 1.57 bits per heavy atom. The van der Waals surface area contributed by atoms with E-state index in [-0.39, 0.29) is 0 Å². The topological polar surface area (TPSA) is 32.3 Å². The molecule has 1 aromatic heterocycles. The molecule has 0 aliphatic heterocycles. The average Bonchev–Trinajstić information content (AvgIpc) is 2.59. The highest BCUT2D eigenvalue weighted by molar-refractivity contribution is 9.10. The van der Waals surface area contributed by atoms with E-state index in [4.69, 9.17) is 5.11 Å². The fourth-order valence-electron chi connectivity index (χ4n) is 1.26. The van der Waals surface area contributed by atoms with Gasteiger partial charge in [0.1, 0.15) is 0 Å². The van der Waals surface area contributed by atoms with Gasteiger partial charge in [-0.05, 0) is 53.7 Å². The Kier molecular flexibility index (Phi) is 5.70. The van der Waals surface area contributed by atoms with Gasteiger partial charge in [-0.1, -0.05) is 0 Å². The van der Waals surface area contributed by atoms with Crippen LogP contribution in [0.2, 0.25) is 0 Å². The lowest BCUT2D eigenvalue weighted by Crippen LogP contribution is -2.19. The van der Waals surface area contributed by atoms with Crippen molar-refractivity contribution >= 4 is 27.3 Å². The van der Waals surface area contributed by atoms with Crippen molar-refractivity contribution in [2.45, 2.75) is 25.8 Å². The zero-order valence-corrected chi connectivity index (χ0v) is 10.7.